The van der Waals surface area contributed by atoms with E-state index in [2.05, 4.69) is 41.7 Å². The van der Waals surface area contributed by atoms with Crippen LogP contribution >= 0.6 is 24.2 Å². The number of hydrogen-bond donors (Lipinski definition) is 4. The molecular weight excluding hydrogens is 430 g/mol. The molecule has 3 aromatic rings. The second kappa shape index (κ2) is 9.80. The maximum absolute atomic E-state index is 11.3. The van der Waals surface area contributed by atoms with E-state index in [0.29, 0.717) is 17.7 Å². The van der Waals surface area contributed by atoms with Crippen LogP contribution in [-0.2, 0) is 19.4 Å². The first kappa shape index (κ1) is 23.2. The van der Waals surface area contributed by atoms with Crippen molar-refractivity contribution in [2.45, 2.75) is 39.7 Å². The normalized spacial score (nSPS) is 14.3. The first-order valence-corrected chi connectivity index (χ1v) is 11.3. The molecule has 0 fully saturated rings. The molecule has 31 heavy (non-hydrogen) atoms. The highest BCUT2D eigenvalue weighted by Crippen LogP contribution is 2.43. The Bertz CT molecular complexity index is 1110. The number of aromatic nitrogens is 1. The van der Waals surface area contributed by atoms with Gasteiger partial charge >= 0.3 is 5.97 Å². The standard InChI is InChI=1S/C12H17NO2S.C11H10N2OS/c1-12(2)5-4-8-7(6-12)9(11(14)15)10(13-3)16-8;14-7-9-5-8-3-1-2-4-10(8)13-11(9)6-12-15/h13H,4-6H2,1-3H3,(H,14,15);1-5,7,12,15H,6H2. The quantitative estimate of drug-likeness (QED) is 0.319. The lowest BCUT2D eigenvalue weighted by molar-refractivity contribution is 0.0696. The molecule has 0 atom stereocenters. The number of aryl methyl sites for hydroxylation is 1. The number of para-hydroxylation sites is 1. The van der Waals surface area contributed by atoms with E-state index in [0.717, 1.165) is 52.7 Å². The fourth-order valence-electron chi connectivity index (χ4n) is 3.81. The van der Waals surface area contributed by atoms with Gasteiger partial charge in [-0.1, -0.05) is 44.9 Å². The Balaban J connectivity index is 0.000000176. The van der Waals surface area contributed by atoms with Crippen LogP contribution in [0, 0.1) is 5.41 Å². The van der Waals surface area contributed by atoms with Crippen LogP contribution < -0.4 is 10.0 Å². The molecule has 3 N–H and O–H groups in total. The Morgan fingerprint density at radius 1 is 1.35 bits per heavy atom. The molecule has 2 aromatic heterocycles. The average molecular weight is 458 g/mol. The molecule has 0 unspecified atom stereocenters. The zero-order chi connectivity index (χ0) is 22.6. The van der Waals surface area contributed by atoms with Gasteiger partial charge in [-0.3, -0.25) is 14.5 Å². The third-order valence-corrected chi connectivity index (χ3v) is 6.89. The van der Waals surface area contributed by atoms with Crippen LogP contribution in [0.15, 0.2) is 30.3 Å². The molecule has 1 aromatic carbocycles. The number of pyridine rings is 1. The summed E-state index contributed by atoms with van der Waals surface area (Å²) in [5, 5.41) is 14.1. The van der Waals surface area contributed by atoms with Gasteiger partial charge in [0.2, 0.25) is 0 Å². The molecule has 8 heteroatoms. The second-order valence-corrected chi connectivity index (χ2v) is 9.70. The van der Waals surface area contributed by atoms with Gasteiger partial charge in [0.15, 0.2) is 6.29 Å². The molecule has 0 saturated carbocycles. The second-order valence-electron chi connectivity index (χ2n) is 8.27. The fraction of sp³-hybridized carbons (Fsp3) is 0.348. The summed E-state index contributed by atoms with van der Waals surface area (Å²) >= 11 is 5.51. The number of nitrogens with one attached hydrogen (secondary N) is 2. The highest BCUT2D eigenvalue weighted by Gasteiger charge is 2.32. The third kappa shape index (κ3) is 5.26. The van der Waals surface area contributed by atoms with Crippen LogP contribution in [-0.4, -0.2) is 29.4 Å². The van der Waals surface area contributed by atoms with Gasteiger partial charge < -0.3 is 10.4 Å². The van der Waals surface area contributed by atoms with Crippen molar-refractivity contribution in [1.82, 2.24) is 9.71 Å². The number of thiol groups is 1. The first-order valence-electron chi connectivity index (χ1n) is 10.1. The van der Waals surface area contributed by atoms with Crippen LogP contribution in [0.25, 0.3) is 10.9 Å². The number of aromatic carboxylic acids is 1. The Hall–Kier alpha value is -2.42. The van der Waals surface area contributed by atoms with Crippen LogP contribution in [0.1, 0.15) is 57.1 Å². The number of aldehydes is 1. The Labute approximate surface area is 191 Å². The number of thiophene rings is 1. The minimum absolute atomic E-state index is 0.225. The fourth-order valence-corrected chi connectivity index (χ4v) is 5.13. The van der Waals surface area contributed by atoms with Crippen molar-refractivity contribution in [3.05, 3.63) is 57.6 Å². The number of fused-ring (bicyclic) bond motifs is 2. The highest BCUT2D eigenvalue weighted by molar-refractivity contribution is 7.78. The molecule has 0 aliphatic heterocycles. The number of nitrogens with zero attached hydrogens (tertiary/aromatic N) is 1. The van der Waals surface area contributed by atoms with Gasteiger partial charge in [0, 0.05) is 29.4 Å². The van der Waals surface area contributed by atoms with E-state index in [-0.39, 0.29) is 5.41 Å². The van der Waals surface area contributed by atoms with E-state index in [4.69, 9.17) is 0 Å². The van der Waals surface area contributed by atoms with Crippen molar-refractivity contribution in [3.8, 4) is 0 Å². The van der Waals surface area contributed by atoms with Gasteiger partial charge in [-0.15, -0.1) is 11.3 Å². The number of benzene rings is 1. The molecule has 1 aliphatic rings. The molecule has 6 nitrogen and oxygen atoms in total. The maximum atomic E-state index is 11.3. The van der Waals surface area contributed by atoms with Gasteiger partial charge in [0.05, 0.1) is 16.8 Å². The summed E-state index contributed by atoms with van der Waals surface area (Å²) < 4.78 is 2.70. The summed E-state index contributed by atoms with van der Waals surface area (Å²) in [6.45, 7) is 4.89. The first-order chi connectivity index (χ1) is 14.8. The number of anilines is 1. The molecule has 2 heterocycles. The van der Waals surface area contributed by atoms with Gasteiger partial charge in [0.25, 0.3) is 0 Å². The van der Waals surface area contributed by atoms with Crippen molar-refractivity contribution in [2.75, 3.05) is 12.4 Å². The average Bonchev–Trinajstić information content (AvgIpc) is 3.10. The van der Waals surface area contributed by atoms with Crippen molar-refractivity contribution in [2.24, 2.45) is 5.41 Å². The highest BCUT2D eigenvalue weighted by atomic mass is 32.1. The number of carbonyl (C=O) groups is 2. The number of hydrogen-bond acceptors (Lipinski definition) is 7. The van der Waals surface area contributed by atoms with Crippen molar-refractivity contribution < 1.29 is 14.7 Å². The van der Waals surface area contributed by atoms with Gasteiger partial charge in [-0.25, -0.2) is 4.79 Å². The maximum Gasteiger partial charge on any atom is 0.338 e. The van der Waals surface area contributed by atoms with Crippen LogP contribution in [0.3, 0.4) is 0 Å². The van der Waals surface area contributed by atoms with Crippen molar-refractivity contribution in [1.29, 1.82) is 0 Å². The largest absolute Gasteiger partial charge is 0.478 e. The summed E-state index contributed by atoms with van der Waals surface area (Å²) in [6.07, 6.45) is 3.85. The third-order valence-electron chi connectivity index (χ3n) is 5.43. The Morgan fingerprint density at radius 3 is 2.74 bits per heavy atom. The van der Waals surface area contributed by atoms with Crippen LogP contribution in [0.2, 0.25) is 0 Å². The van der Waals surface area contributed by atoms with Gasteiger partial charge in [-0.2, -0.15) is 0 Å². The lowest BCUT2D eigenvalue weighted by Crippen LogP contribution is -2.22. The van der Waals surface area contributed by atoms with Crippen molar-refractivity contribution >= 4 is 52.3 Å². The summed E-state index contributed by atoms with van der Waals surface area (Å²) in [6, 6.07) is 9.55. The van der Waals surface area contributed by atoms with E-state index < -0.39 is 5.97 Å². The van der Waals surface area contributed by atoms with E-state index in [1.807, 2.05) is 30.3 Å². The minimum atomic E-state index is -0.806. The molecule has 1 aliphatic carbocycles. The molecule has 0 spiro atoms. The van der Waals surface area contributed by atoms with E-state index in [1.54, 1.807) is 18.4 Å². The van der Waals surface area contributed by atoms with E-state index in [1.165, 1.54) is 4.88 Å². The zero-order valence-electron chi connectivity index (χ0n) is 17.9. The molecule has 164 valence electrons. The van der Waals surface area contributed by atoms with Gasteiger partial charge in [0.1, 0.15) is 5.00 Å². The Kier molecular flexibility index (Phi) is 7.35. The lowest BCUT2D eigenvalue weighted by Gasteiger charge is -2.29. The van der Waals surface area contributed by atoms with Gasteiger partial charge in [-0.05, 0) is 42.4 Å². The summed E-state index contributed by atoms with van der Waals surface area (Å²) in [5.41, 5.74) is 3.99. The predicted molar refractivity (Wildman–Crippen MR) is 130 cm³/mol. The molecule has 0 saturated heterocycles. The van der Waals surface area contributed by atoms with Crippen LogP contribution in [0.4, 0.5) is 5.00 Å². The topological polar surface area (TPSA) is 91.3 Å². The summed E-state index contributed by atoms with van der Waals surface area (Å²) in [7, 11) is 1.79. The molecule has 0 amide bonds. The minimum Gasteiger partial charge on any atom is -0.478 e. The SMILES string of the molecule is CNc1sc2c(c1C(=O)O)CC(C)(C)CC2.O=Cc1cc2ccccc2nc1CNS. The number of rotatable bonds is 5. The van der Waals surface area contributed by atoms with E-state index >= 15 is 0 Å². The zero-order valence-corrected chi connectivity index (χ0v) is 19.6. The molecule has 0 radical (unpaired) electrons. The summed E-state index contributed by atoms with van der Waals surface area (Å²) in [5.74, 6) is -0.806. The van der Waals surface area contributed by atoms with Crippen LogP contribution in [0.5, 0.6) is 0 Å². The predicted octanol–water partition coefficient (Wildman–Crippen LogP) is 4.98. The van der Waals surface area contributed by atoms with E-state index in [9.17, 15) is 14.7 Å². The monoisotopic (exact) mass is 457 g/mol. The number of carboxylic acids is 1. The number of carboxylic acid groups (broad SMARTS) is 1. The lowest BCUT2D eigenvalue weighted by atomic mass is 9.76. The molecule has 4 rings (SSSR count). The number of carbonyl (C=O) groups excluding carboxylic acids is 1. The Morgan fingerprint density at radius 2 is 2.10 bits per heavy atom. The van der Waals surface area contributed by atoms with Crippen molar-refractivity contribution in [3.63, 3.8) is 0 Å². The smallest absolute Gasteiger partial charge is 0.338 e. The summed E-state index contributed by atoms with van der Waals surface area (Å²) in [4.78, 5) is 27.8. The molecule has 0 bridgehead atoms. The molecular formula is C23H27N3O3S2.